The molecule has 2 N–H and O–H groups in total. The monoisotopic (exact) mass is 180 g/mol. The molecule has 13 heavy (non-hydrogen) atoms. The van der Waals surface area contributed by atoms with Crippen molar-refractivity contribution in [2.75, 3.05) is 30.4 Å². The maximum atomic E-state index is 12.1. The minimum atomic E-state index is -0.203. The molecule has 0 aromatic heterocycles. The number of hydrogen-bond donors (Lipinski definition) is 1. The first-order valence-electron chi connectivity index (χ1n) is 4.46. The van der Waals surface area contributed by atoms with Gasteiger partial charge in [-0.1, -0.05) is 0 Å². The first kappa shape index (κ1) is 8.35. The molecule has 0 spiro atoms. The van der Waals surface area contributed by atoms with Gasteiger partial charge in [0, 0.05) is 30.4 Å². The fraction of sp³-hybridized carbons (Fsp3) is 0.400. The fourth-order valence-corrected chi connectivity index (χ4v) is 1.56. The van der Waals surface area contributed by atoms with Crippen LogP contribution >= 0.6 is 0 Å². The smallest absolute Gasteiger partial charge is 0.0956 e. The van der Waals surface area contributed by atoms with E-state index in [4.69, 9.17) is 5.73 Å². The average Bonchev–Trinajstić information content (AvgIpc) is 2.06. The van der Waals surface area contributed by atoms with Gasteiger partial charge in [0.05, 0.1) is 6.67 Å². The lowest BCUT2D eigenvalue weighted by Crippen LogP contribution is -2.47. The van der Waals surface area contributed by atoms with Gasteiger partial charge in [0.1, 0.15) is 0 Å². The molecule has 1 heterocycles. The van der Waals surface area contributed by atoms with Crippen molar-refractivity contribution in [3.05, 3.63) is 24.3 Å². The van der Waals surface area contributed by atoms with E-state index in [1.165, 1.54) is 0 Å². The molecule has 2 rings (SSSR count). The Morgan fingerprint density at radius 2 is 1.92 bits per heavy atom. The van der Waals surface area contributed by atoms with Crippen LogP contribution < -0.4 is 10.6 Å². The Morgan fingerprint density at radius 3 is 2.46 bits per heavy atom. The molecule has 1 aliphatic heterocycles. The molecule has 0 radical (unpaired) electrons. The second kappa shape index (κ2) is 3.24. The summed E-state index contributed by atoms with van der Waals surface area (Å²) in [4.78, 5) is 2.16. The number of anilines is 2. The number of alkyl halides is 1. The van der Waals surface area contributed by atoms with Crippen molar-refractivity contribution in [3.8, 4) is 0 Å². The summed E-state index contributed by atoms with van der Waals surface area (Å²) in [6, 6.07) is 7.70. The number of nitrogens with zero attached hydrogens (tertiary/aromatic N) is 1. The van der Waals surface area contributed by atoms with Crippen LogP contribution in [0.15, 0.2) is 24.3 Å². The zero-order chi connectivity index (χ0) is 9.26. The van der Waals surface area contributed by atoms with E-state index in [9.17, 15) is 4.39 Å². The van der Waals surface area contributed by atoms with Gasteiger partial charge >= 0.3 is 0 Å². The maximum Gasteiger partial charge on any atom is 0.0956 e. The number of nitrogen functional groups attached to an aromatic ring is 1. The van der Waals surface area contributed by atoms with E-state index in [1.807, 2.05) is 24.3 Å². The van der Waals surface area contributed by atoms with Crippen LogP contribution in [0.2, 0.25) is 0 Å². The summed E-state index contributed by atoms with van der Waals surface area (Å²) in [7, 11) is 0. The topological polar surface area (TPSA) is 29.3 Å². The molecule has 0 saturated carbocycles. The van der Waals surface area contributed by atoms with Crippen LogP contribution in [0.5, 0.6) is 0 Å². The Balaban J connectivity index is 1.99. The zero-order valence-electron chi connectivity index (χ0n) is 7.41. The van der Waals surface area contributed by atoms with Crippen molar-refractivity contribution in [1.29, 1.82) is 0 Å². The first-order chi connectivity index (χ1) is 6.29. The summed E-state index contributed by atoms with van der Waals surface area (Å²) in [6.07, 6.45) is 0. The zero-order valence-corrected chi connectivity index (χ0v) is 7.41. The quantitative estimate of drug-likeness (QED) is 0.701. The predicted molar refractivity (Wildman–Crippen MR) is 52.5 cm³/mol. The standard InChI is InChI=1S/C10H13FN2/c11-5-8-6-13(7-8)10-3-1-9(12)2-4-10/h1-4,8H,5-7,12H2. The van der Waals surface area contributed by atoms with Crippen LogP contribution in [0.4, 0.5) is 15.8 Å². The highest BCUT2D eigenvalue weighted by Gasteiger charge is 2.26. The molecule has 1 aromatic rings. The second-order valence-corrected chi connectivity index (χ2v) is 3.52. The second-order valence-electron chi connectivity index (χ2n) is 3.52. The molecule has 1 aromatic carbocycles. The van der Waals surface area contributed by atoms with Crippen molar-refractivity contribution in [3.63, 3.8) is 0 Å². The number of rotatable bonds is 2. The van der Waals surface area contributed by atoms with Crippen LogP contribution in [0.25, 0.3) is 0 Å². The van der Waals surface area contributed by atoms with Gasteiger partial charge in [-0.3, -0.25) is 4.39 Å². The van der Waals surface area contributed by atoms with Crippen molar-refractivity contribution in [2.24, 2.45) is 5.92 Å². The van der Waals surface area contributed by atoms with Gasteiger partial charge in [0.2, 0.25) is 0 Å². The third-order valence-corrected chi connectivity index (χ3v) is 2.43. The van der Waals surface area contributed by atoms with E-state index in [1.54, 1.807) is 0 Å². The van der Waals surface area contributed by atoms with Gasteiger partial charge in [-0.25, -0.2) is 0 Å². The van der Waals surface area contributed by atoms with E-state index < -0.39 is 0 Å². The third-order valence-electron chi connectivity index (χ3n) is 2.43. The van der Waals surface area contributed by atoms with Crippen LogP contribution in [0.1, 0.15) is 0 Å². The number of nitrogens with two attached hydrogens (primary N) is 1. The number of hydrogen-bond acceptors (Lipinski definition) is 2. The Labute approximate surface area is 77.2 Å². The van der Waals surface area contributed by atoms with Crippen LogP contribution in [0, 0.1) is 5.92 Å². The SMILES string of the molecule is Nc1ccc(N2CC(CF)C2)cc1. The van der Waals surface area contributed by atoms with Crippen molar-refractivity contribution < 1.29 is 4.39 Å². The van der Waals surface area contributed by atoms with Gasteiger partial charge in [-0.15, -0.1) is 0 Å². The van der Waals surface area contributed by atoms with Gasteiger partial charge in [-0.05, 0) is 24.3 Å². The molecule has 1 fully saturated rings. The normalized spacial score (nSPS) is 17.2. The average molecular weight is 180 g/mol. The predicted octanol–water partition coefficient (Wildman–Crippen LogP) is 1.67. The van der Waals surface area contributed by atoms with E-state index in [0.717, 1.165) is 24.5 Å². The Hall–Kier alpha value is -1.25. The van der Waals surface area contributed by atoms with E-state index in [2.05, 4.69) is 4.90 Å². The van der Waals surface area contributed by atoms with E-state index >= 15 is 0 Å². The molecule has 1 aliphatic rings. The van der Waals surface area contributed by atoms with Crippen LogP contribution in [-0.2, 0) is 0 Å². The lowest BCUT2D eigenvalue weighted by molar-refractivity contribution is 0.306. The van der Waals surface area contributed by atoms with Crippen molar-refractivity contribution >= 4 is 11.4 Å². The maximum absolute atomic E-state index is 12.1. The lowest BCUT2D eigenvalue weighted by atomic mass is 10.0. The first-order valence-corrected chi connectivity index (χ1v) is 4.46. The Bertz CT molecular complexity index is 277. The highest BCUT2D eigenvalue weighted by atomic mass is 19.1. The summed E-state index contributed by atoms with van der Waals surface area (Å²) in [6.45, 7) is 1.46. The summed E-state index contributed by atoms with van der Waals surface area (Å²) in [5.74, 6) is 0.234. The van der Waals surface area contributed by atoms with E-state index in [0.29, 0.717) is 0 Å². The molecule has 3 heteroatoms. The van der Waals surface area contributed by atoms with Gasteiger partial charge in [0.25, 0.3) is 0 Å². The molecular weight excluding hydrogens is 167 g/mol. The van der Waals surface area contributed by atoms with Gasteiger partial charge < -0.3 is 10.6 Å². The molecule has 0 atom stereocenters. The minimum absolute atomic E-state index is 0.203. The summed E-state index contributed by atoms with van der Waals surface area (Å²) < 4.78 is 12.1. The number of halogens is 1. The van der Waals surface area contributed by atoms with E-state index in [-0.39, 0.29) is 12.6 Å². The highest BCUT2D eigenvalue weighted by molar-refractivity contribution is 5.54. The third kappa shape index (κ3) is 1.59. The molecule has 1 saturated heterocycles. The summed E-state index contributed by atoms with van der Waals surface area (Å²) >= 11 is 0. The lowest BCUT2D eigenvalue weighted by Gasteiger charge is -2.39. The van der Waals surface area contributed by atoms with Gasteiger partial charge in [0.15, 0.2) is 0 Å². The Kier molecular flexibility index (Phi) is 2.08. The Morgan fingerprint density at radius 1 is 1.31 bits per heavy atom. The van der Waals surface area contributed by atoms with Crippen molar-refractivity contribution in [1.82, 2.24) is 0 Å². The summed E-state index contributed by atoms with van der Waals surface area (Å²) in [5, 5.41) is 0. The molecule has 0 aliphatic carbocycles. The molecular formula is C10H13FN2. The fourth-order valence-electron chi connectivity index (χ4n) is 1.56. The van der Waals surface area contributed by atoms with Crippen LogP contribution in [-0.4, -0.2) is 19.8 Å². The summed E-state index contributed by atoms with van der Waals surface area (Å²) in [5.41, 5.74) is 7.47. The largest absolute Gasteiger partial charge is 0.399 e. The van der Waals surface area contributed by atoms with Crippen molar-refractivity contribution in [2.45, 2.75) is 0 Å². The molecule has 70 valence electrons. The molecule has 0 bridgehead atoms. The molecule has 0 amide bonds. The van der Waals surface area contributed by atoms with Crippen LogP contribution in [0.3, 0.4) is 0 Å². The minimum Gasteiger partial charge on any atom is -0.399 e. The molecule has 2 nitrogen and oxygen atoms in total. The molecule has 0 unspecified atom stereocenters. The highest BCUT2D eigenvalue weighted by Crippen LogP contribution is 2.25. The number of benzene rings is 1. The van der Waals surface area contributed by atoms with Gasteiger partial charge in [-0.2, -0.15) is 0 Å².